The predicted octanol–water partition coefficient (Wildman–Crippen LogP) is 2.75. The molecule has 34 heavy (non-hydrogen) atoms. The van der Waals surface area contributed by atoms with Gasteiger partial charge in [0.25, 0.3) is 5.91 Å². The van der Waals surface area contributed by atoms with Crippen molar-refractivity contribution in [1.82, 2.24) is 15.5 Å². The van der Waals surface area contributed by atoms with Crippen molar-refractivity contribution in [3.63, 3.8) is 0 Å². The third kappa shape index (κ3) is 8.43. The number of rotatable bonds is 9. The van der Waals surface area contributed by atoms with Crippen molar-refractivity contribution in [2.75, 3.05) is 13.2 Å². The van der Waals surface area contributed by atoms with Crippen LogP contribution < -0.4 is 10.6 Å². The molecular formula is C25H35N3O6. The molecule has 0 spiro atoms. The molecule has 1 aromatic carbocycles. The van der Waals surface area contributed by atoms with Crippen LogP contribution in [0.2, 0.25) is 0 Å². The lowest BCUT2D eigenvalue weighted by molar-refractivity contribution is -0.143. The second-order valence-electron chi connectivity index (χ2n) is 8.74. The monoisotopic (exact) mass is 473 g/mol. The number of benzene rings is 1. The molecule has 0 aromatic heterocycles. The number of alkyl carbamates (subject to hydrolysis) is 1. The van der Waals surface area contributed by atoms with E-state index in [-0.39, 0.29) is 19.6 Å². The number of esters is 1. The predicted molar refractivity (Wildman–Crippen MR) is 127 cm³/mol. The summed E-state index contributed by atoms with van der Waals surface area (Å²) in [5.74, 6) is -1.68. The van der Waals surface area contributed by atoms with Crippen molar-refractivity contribution < 1.29 is 28.7 Å². The maximum absolute atomic E-state index is 13.2. The molecular weight excluding hydrogens is 438 g/mol. The van der Waals surface area contributed by atoms with Crippen molar-refractivity contribution in [2.45, 2.75) is 72.6 Å². The van der Waals surface area contributed by atoms with E-state index in [1.165, 1.54) is 6.92 Å². The lowest BCUT2D eigenvalue weighted by Gasteiger charge is -2.30. The van der Waals surface area contributed by atoms with E-state index in [9.17, 15) is 19.2 Å². The standard InChI is InChI=1S/C25H35N3O6/c1-9-28(23(31)18(5)27-24(32)34-25(6,7)8)21(19-13-11-12-16(3)17(19)4)22(30)26-15-14-20(29)33-10-2/h1,11-13,18,21H,10,14-15H2,2-8H3,(H,26,30)(H,27,32). The van der Waals surface area contributed by atoms with Crippen LogP contribution in [0.5, 0.6) is 0 Å². The number of hydrogen-bond donors (Lipinski definition) is 2. The number of terminal acetylenes is 1. The Kier molecular flexibility index (Phi) is 10.6. The zero-order chi connectivity index (χ0) is 26.1. The molecule has 2 atom stereocenters. The first kappa shape index (κ1) is 28.5. The Morgan fingerprint density at radius 3 is 2.38 bits per heavy atom. The van der Waals surface area contributed by atoms with E-state index in [1.807, 2.05) is 19.9 Å². The molecule has 0 bridgehead atoms. The number of amides is 3. The van der Waals surface area contributed by atoms with Crippen molar-refractivity contribution >= 4 is 23.9 Å². The van der Waals surface area contributed by atoms with Crippen LogP contribution in [0.15, 0.2) is 18.2 Å². The minimum atomic E-state index is -1.18. The zero-order valence-corrected chi connectivity index (χ0v) is 21.0. The summed E-state index contributed by atoms with van der Waals surface area (Å²) in [5, 5.41) is 5.11. The zero-order valence-electron chi connectivity index (χ0n) is 21.0. The maximum atomic E-state index is 13.2. The molecule has 1 rings (SSSR count). The number of carbonyl (C=O) groups excluding carboxylic acids is 4. The molecule has 0 aliphatic rings. The molecule has 2 unspecified atom stereocenters. The van der Waals surface area contributed by atoms with Crippen LogP contribution in [0.25, 0.3) is 0 Å². The van der Waals surface area contributed by atoms with E-state index in [1.54, 1.807) is 39.8 Å². The molecule has 0 heterocycles. The maximum Gasteiger partial charge on any atom is 0.408 e. The lowest BCUT2D eigenvalue weighted by atomic mass is 9.95. The van der Waals surface area contributed by atoms with Gasteiger partial charge >= 0.3 is 12.1 Å². The number of hydrogen-bond acceptors (Lipinski definition) is 6. The fourth-order valence-corrected chi connectivity index (χ4v) is 3.11. The molecule has 0 aliphatic heterocycles. The molecule has 186 valence electrons. The Morgan fingerprint density at radius 2 is 1.82 bits per heavy atom. The van der Waals surface area contributed by atoms with Gasteiger partial charge in [0.05, 0.1) is 13.0 Å². The van der Waals surface area contributed by atoms with E-state index in [0.29, 0.717) is 5.56 Å². The van der Waals surface area contributed by atoms with Crippen LogP contribution in [0.1, 0.15) is 63.8 Å². The molecule has 0 saturated heterocycles. The molecule has 0 fully saturated rings. The number of nitrogens with zero attached hydrogens (tertiary/aromatic N) is 1. The summed E-state index contributed by atoms with van der Waals surface area (Å²) >= 11 is 0. The van der Waals surface area contributed by atoms with Gasteiger partial charge in [-0.1, -0.05) is 24.6 Å². The largest absolute Gasteiger partial charge is 0.466 e. The van der Waals surface area contributed by atoms with Gasteiger partial charge in [-0.2, -0.15) is 0 Å². The van der Waals surface area contributed by atoms with Crippen LogP contribution in [-0.2, 0) is 23.9 Å². The summed E-state index contributed by atoms with van der Waals surface area (Å²) in [6.45, 7) is 12.2. The van der Waals surface area contributed by atoms with Gasteiger partial charge in [0.15, 0.2) is 0 Å². The fraction of sp³-hybridized carbons (Fsp3) is 0.520. The van der Waals surface area contributed by atoms with Gasteiger partial charge < -0.3 is 20.1 Å². The topological polar surface area (TPSA) is 114 Å². The summed E-state index contributed by atoms with van der Waals surface area (Å²) in [6, 6.07) is 5.40. The Labute approximate surface area is 201 Å². The summed E-state index contributed by atoms with van der Waals surface area (Å²) in [5.41, 5.74) is 1.48. The fourth-order valence-electron chi connectivity index (χ4n) is 3.11. The third-order valence-corrected chi connectivity index (χ3v) is 4.86. The van der Waals surface area contributed by atoms with Crippen molar-refractivity contribution in [3.8, 4) is 12.5 Å². The highest BCUT2D eigenvalue weighted by molar-refractivity contribution is 5.93. The summed E-state index contributed by atoms with van der Waals surface area (Å²) in [7, 11) is 0. The number of aryl methyl sites for hydroxylation is 1. The quantitative estimate of drug-likeness (QED) is 0.324. The average molecular weight is 474 g/mol. The summed E-state index contributed by atoms with van der Waals surface area (Å²) in [6.07, 6.45) is 4.87. The Morgan fingerprint density at radius 1 is 1.18 bits per heavy atom. The lowest BCUT2D eigenvalue weighted by Crippen LogP contribution is -2.50. The third-order valence-electron chi connectivity index (χ3n) is 4.86. The SMILES string of the molecule is C#CN(C(=O)C(C)NC(=O)OC(C)(C)C)C(C(=O)NCCC(=O)OCC)c1cccc(C)c1C. The van der Waals surface area contributed by atoms with Crippen LogP contribution in [0.4, 0.5) is 4.79 Å². The van der Waals surface area contributed by atoms with E-state index in [0.717, 1.165) is 16.0 Å². The molecule has 2 N–H and O–H groups in total. The normalized spacial score (nSPS) is 12.5. The first-order valence-corrected chi connectivity index (χ1v) is 11.1. The number of nitrogens with one attached hydrogen (secondary N) is 2. The number of carbonyl (C=O) groups is 4. The van der Waals surface area contributed by atoms with Gasteiger partial charge in [-0.3, -0.25) is 19.3 Å². The van der Waals surface area contributed by atoms with Crippen molar-refractivity contribution in [3.05, 3.63) is 34.9 Å². The van der Waals surface area contributed by atoms with Gasteiger partial charge in [0, 0.05) is 12.6 Å². The first-order chi connectivity index (χ1) is 15.8. The minimum Gasteiger partial charge on any atom is -0.466 e. The van der Waals surface area contributed by atoms with Crippen molar-refractivity contribution in [2.24, 2.45) is 0 Å². The second kappa shape index (κ2) is 12.6. The minimum absolute atomic E-state index is 0.0113. The van der Waals surface area contributed by atoms with E-state index in [2.05, 4.69) is 16.7 Å². The second-order valence-corrected chi connectivity index (χ2v) is 8.74. The molecule has 0 saturated carbocycles. The smallest absolute Gasteiger partial charge is 0.408 e. The van der Waals surface area contributed by atoms with E-state index < -0.39 is 41.6 Å². The van der Waals surface area contributed by atoms with Gasteiger partial charge in [-0.15, -0.1) is 0 Å². The highest BCUT2D eigenvalue weighted by Gasteiger charge is 2.35. The van der Waals surface area contributed by atoms with Gasteiger partial charge in [-0.25, -0.2) is 4.79 Å². The Balaban J connectivity index is 3.20. The number of ether oxygens (including phenoxy) is 2. The van der Waals surface area contributed by atoms with Gasteiger partial charge in [0.2, 0.25) is 5.91 Å². The molecule has 0 radical (unpaired) electrons. The van der Waals surface area contributed by atoms with Gasteiger partial charge in [-0.05, 0) is 65.2 Å². The average Bonchev–Trinajstić information content (AvgIpc) is 2.72. The van der Waals surface area contributed by atoms with Crippen LogP contribution in [-0.4, -0.2) is 53.6 Å². The molecule has 0 aliphatic carbocycles. The van der Waals surface area contributed by atoms with Crippen LogP contribution in [0, 0.1) is 26.3 Å². The molecule has 9 heteroatoms. The molecule has 9 nitrogen and oxygen atoms in total. The Bertz CT molecular complexity index is 945. The Hall–Kier alpha value is -3.54. The van der Waals surface area contributed by atoms with Gasteiger partial charge in [0.1, 0.15) is 17.7 Å². The van der Waals surface area contributed by atoms with E-state index >= 15 is 0 Å². The highest BCUT2D eigenvalue weighted by atomic mass is 16.6. The van der Waals surface area contributed by atoms with E-state index in [4.69, 9.17) is 15.9 Å². The summed E-state index contributed by atoms with van der Waals surface area (Å²) < 4.78 is 10.1. The molecule has 1 aromatic rings. The van der Waals surface area contributed by atoms with Crippen LogP contribution >= 0.6 is 0 Å². The highest BCUT2D eigenvalue weighted by Crippen LogP contribution is 2.26. The van der Waals surface area contributed by atoms with Crippen molar-refractivity contribution in [1.29, 1.82) is 0 Å². The van der Waals surface area contributed by atoms with Crippen LogP contribution in [0.3, 0.4) is 0 Å². The first-order valence-electron chi connectivity index (χ1n) is 11.1. The molecule has 3 amide bonds. The summed E-state index contributed by atoms with van der Waals surface area (Å²) in [4.78, 5) is 51.2.